The quantitative estimate of drug-likeness (QED) is 0.539. The molecule has 0 aliphatic heterocycles. The van der Waals surface area contributed by atoms with Gasteiger partial charge in [0.05, 0.1) is 5.69 Å². The van der Waals surface area contributed by atoms with Crippen LogP contribution in [0.4, 0.5) is 0 Å². The molecule has 9 heteroatoms. The summed E-state index contributed by atoms with van der Waals surface area (Å²) in [6.45, 7) is 5.74. The van der Waals surface area contributed by atoms with Crippen LogP contribution in [0.1, 0.15) is 56.4 Å². The third-order valence-electron chi connectivity index (χ3n) is 4.06. The fourth-order valence-corrected chi connectivity index (χ4v) is 2.95. The van der Waals surface area contributed by atoms with Crippen molar-refractivity contribution < 1.29 is 23.9 Å². The molecule has 8 nitrogen and oxygen atoms in total. The fraction of sp³-hybridized carbons (Fsp3) is 0.316. The minimum absolute atomic E-state index is 0.0543. The van der Waals surface area contributed by atoms with Crippen LogP contribution in [0.3, 0.4) is 0 Å². The number of aryl methyl sites for hydroxylation is 1. The number of Topliss-reactive ketones (excluding diaryl/α,β-unsaturated/α-hetero) is 2. The van der Waals surface area contributed by atoms with Gasteiger partial charge in [0.15, 0.2) is 11.9 Å². The van der Waals surface area contributed by atoms with Crippen LogP contribution in [-0.4, -0.2) is 46.1 Å². The number of carbonyl (C=O) groups excluding carboxylic acids is 4. The zero-order chi connectivity index (χ0) is 21.0. The number of esters is 1. The van der Waals surface area contributed by atoms with Crippen molar-refractivity contribution >= 4 is 35.0 Å². The molecule has 1 amide bonds. The number of aromatic nitrogens is 2. The van der Waals surface area contributed by atoms with Gasteiger partial charge in [-0.3, -0.25) is 24.2 Å². The van der Waals surface area contributed by atoms with Crippen molar-refractivity contribution in [3.8, 4) is 0 Å². The molecule has 0 unspecified atom stereocenters. The predicted molar refractivity (Wildman–Crippen MR) is 102 cm³/mol. The number of ketones is 2. The number of carbonyl (C=O) groups is 4. The average Bonchev–Trinajstić information content (AvgIpc) is 2.93. The minimum Gasteiger partial charge on any atom is -0.453 e. The summed E-state index contributed by atoms with van der Waals surface area (Å²) in [6.07, 6.45) is 0.275. The van der Waals surface area contributed by atoms with Crippen LogP contribution in [0.2, 0.25) is 5.02 Å². The van der Waals surface area contributed by atoms with E-state index in [-0.39, 0.29) is 17.2 Å². The Labute approximate surface area is 166 Å². The first-order valence-corrected chi connectivity index (χ1v) is 8.83. The van der Waals surface area contributed by atoms with Gasteiger partial charge in [-0.1, -0.05) is 11.6 Å². The molecular weight excluding hydrogens is 386 g/mol. The summed E-state index contributed by atoms with van der Waals surface area (Å²) in [5.74, 6) is -2.01. The number of pyridine rings is 1. The summed E-state index contributed by atoms with van der Waals surface area (Å²) in [5, 5.41) is 2.69. The Balaban J connectivity index is 1.97. The molecule has 28 heavy (non-hydrogen) atoms. The maximum absolute atomic E-state index is 12.6. The second-order valence-electron chi connectivity index (χ2n) is 6.22. The van der Waals surface area contributed by atoms with Gasteiger partial charge in [0.25, 0.3) is 5.91 Å². The van der Waals surface area contributed by atoms with E-state index in [4.69, 9.17) is 16.3 Å². The number of halogens is 1. The van der Waals surface area contributed by atoms with Gasteiger partial charge in [0, 0.05) is 22.5 Å². The first-order chi connectivity index (χ1) is 13.1. The van der Waals surface area contributed by atoms with E-state index in [1.165, 1.54) is 32.2 Å². The summed E-state index contributed by atoms with van der Waals surface area (Å²) >= 11 is 5.79. The topological polar surface area (TPSA) is 118 Å². The van der Waals surface area contributed by atoms with Gasteiger partial charge in [-0.15, -0.1) is 0 Å². The number of ether oxygens (including phenoxy) is 1. The van der Waals surface area contributed by atoms with Crippen LogP contribution in [0.15, 0.2) is 18.3 Å². The summed E-state index contributed by atoms with van der Waals surface area (Å²) in [4.78, 5) is 54.9. The van der Waals surface area contributed by atoms with Crippen LogP contribution >= 0.6 is 11.6 Å². The second-order valence-corrected chi connectivity index (χ2v) is 6.66. The van der Waals surface area contributed by atoms with Crippen LogP contribution in [0.5, 0.6) is 0 Å². The molecule has 1 atom stereocenters. The maximum atomic E-state index is 12.6. The number of aromatic amines is 1. The van der Waals surface area contributed by atoms with Crippen LogP contribution in [-0.2, 0) is 9.53 Å². The van der Waals surface area contributed by atoms with Crippen molar-refractivity contribution in [3.05, 3.63) is 51.6 Å². The molecular formula is C19H20ClN3O5. The van der Waals surface area contributed by atoms with Gasteiger partial charge in [0.1, 0.15) is 12.2 Å². The number of nitrogens with one attached hydrogen (secondary N) is 2. The Morgan fingerprint density at radius 2 is 1.96 bits per heavy atom. The van der Waals surface area contributed by atoms with E-state index in [1.54, 1.807) is 13.8 Å². The number of rotatable bonds is 7. The number of hydrogen-bond donors (Lipinski definition) is 2. The third-order valence-corrected chi connectivity index (χ3v) is 4.30. The smallest absolute Gasteiger partial charge is 0.326 e. The number of hydrogen-bond acceptors (Lipinski definition) is 6. The minimum atomic E-state index is -1.09. The average molecular weight is 406 g/mol. The molecule has 0 aromatic carbocycles. The number of amides is 1. The molecule has 0 radical (unpaired) electrons. The van der Waals surface area contributed by atoms with E-state index in [9.17, 15) is 19.2 Å². The monoisotopic (exact) mass is 405 g/mol. The van der Waals surface area contributed by atoms with E-state index < -0.39 is 30.3 Å². The van der Waals surface area contributed by atoms with Crippen molar-refractivity contribution in [1.29, 1.82) is 0 Å². The highest BCUT2D eigenvalue weighted by Gasteiger charge is 2.26. The lowest BCUT2D eigenvalue weighted by atomic mass is 10.0. The number of nitrogens with zero attached hydrogens (tertiary/aromatic N) is 1. The lowest BCUT2D eigenvalue weighted by molar-refractivity contribution is -0.145. The van der Waals surface area contributed by atoms with Crippen molar-refractivity contribution in [3.63, 3.8) is 0 Å². The third kappa shape index (κ3) is 4.83. The lowest BCUT2D eigenvalue weighted by Crippen LogP contribution is -2.34. The highest BCUT2D eigenvalue weighted by atomic mass is 35.5. The maximum Gasteiger partial charge on any atom is 0.326 e. The zero-order valence-corrected chi connectivity index (χ0v) is 16.6. The van der Waals surface area contributed by atoms with Gasteiger partial charge in [-0.2, -0.15) is 0 Å². The van der Waals surface area contributed by atoms with Crippen molar-refractivity contribution in [1.82, 2.24) is 15.3 Å². The molecule has 0 saturated heterocycles. The van der Waals surface area contributed by atoms with E-state index in [0.29, 0.717) is 21.8 Å². The molecule has 0 spiro atoms. The Hall–Kier alpha value is -3.00. The summed E-state index contributed by atoms with van der Waals surface area (Å²) in [5.41, 5.74) is 1.81. The summed E-state index contributed by atoms with van der Waals surface area (Å²) < 4.78 is 5.09. The molecule has 0 aliphatic carbocycles. The van der Waals surface area contributed by atoms with E-state index >= 15 is 0 Å². The Kier molecular flexibility index (Phi) is 6.69. The zero-order valence-electron chi connectivity index (χ0n) is 15.9. The molecule has 2 aromatic heterocycles. The second kappa shape index (κ2) is 8.79. The van der Waals surface area contributed by atoms with E-state index in [2.05, 4.69) is 15.3 Å². The molecule has 2 rings (SSSR count). The van der Waals surface area contributed by atoms with Crippen LogP contribution in [0.25, 0.3) is 0 Å². The van der Waals surface area contributed by atoms with Gasteiger partial charge >= 0.3 is 5.97 Å². The predicted octanol–water partition coefficient (Wildman–Crippen LogP) is 2.43. The van der Waals surface area contributed by atoms with Crippen molar-refractivity contribution in [2.75, 3.05) is 6.54 Å². The molecule has 0 bridgehead atoms. The highest BCUT2D eigenvalue weighted by molar-refractivity contribution is 6.30. The molecule has 0 saturated carbocycles. The van der Waals surface area contributed by atoms with Gasteiger partial charge < -0.3 is 15.0 Å². The first-order valence-electron chi connectivity index (χ1n) is 8.45. The van der Waals surface area contributed by atoms with E-state index in [0.717, 1.165) is 0 Å². The van der Waals surface area contributed by atoms with Gasteiger partial charge in [-0.05, 0) is 45.4 Å². The highest BCUT2D eigenvalue weighted by Crippen LogP contribution is 2.20. The molecule has 2 aromatic rings. The SMILES string of the molecule is CC(=O)c1c(C)[nH]c(C(=O)[C@H](C)OC(=O)CNC(=O)c2cc(Cl)ccn2)c1C. The van der Waals surface area contributed by atoms with Crippen molar-refractivity contribution in [2.45, 2.75) is 33.8 Å². The Morgan fingerprint density at radius 1 is 1.29 bits per heavy atom. The van der Waals surface area contributed by atoms with Crippen molar-refractivity contribution in [2.24, 2.45) is 0 Å². The molecule has 2 N–H and O–H groups in total. The molecule has 0 fully saturated rings. The molecule has 0 aliphatic rings. The van der Waals surface area contributed by atoms with Crippen LogP contribution in [0, 0.1) is 13.8 Å². The van der Waals surface area contributed by atoms with Crippen LogP contribution < -0.4 is 5.32 Å². The lowest BCUT2D eigenvalue weighted by Gasteiger charge is -2.12. The Bertz CT molecular complexity index is 951. The normalized spacial score (nSPS) is 11.6. The van der Waals surface area contributed by atoms with E-state index in [1.807, 2.05) is 0 Å². The molecule has 148 valence electrons. The fourth-order valence-electron chi connectivity index (χ4n) is 2.79. The largest absolute Gasteiger partial charge is 0.453 e. The molecule has 2 heterocycles. The standard InChI is InChI=1S/C19H20ClN3O5/c1-9-16(11(3)24)10(2)23-17(9)18(26)12(4)28-15(25)8-22-19(27)14-7-13(20)5-6-21-14/h5-7,12,23H,8H2,1-4H3,(H,22,27)/t12-/m0/s1. The van der Waals surface area contributed by atoms with Gasteiger partial charge in [-0.25, -0.2) is 0 Å². The van der Waals surface area contributed by atoms with Gasteiger partial charge in [0.2, 0.25) is 5.78 Å². The summed E-state index contributed by atoms with van der Waals surface area (Å²) in [6, 6.07) is 2.87. The first kappa shape index (κ1) is 21.3. The number of H-pyrrole nitrogens is 1. The summed E-state index contributed by atoms with van der Waals surface area (Å²) in [7, 11) is 0. The Morgan fingerprint density at radius 3 is 2.54 bits per heavy atom.